The molecule has 0 radical (unpaired) electrons. The number of benzene rings is 1. The Bertz CT molecular complexity index is 1500. The largest absolute Gasteiger partial charge is 0.503 e. The van der Waals surface area contributed by atoms with Crippen LogP contribution >= 0.6 is 0 Å². The Hall–Kier alpha value is -3.36. The van der Waals surface area contributed by atoms with Crippen molar-refractivity contribution in [1.29, 1.82) is 0 Å². The molecule has 0 amide bonds. The lowest BCUT2D eigenvalue weighted by Gasteiger charge is -2.43. The lowest BCUT2D eigenvalue weighted by molar-refractivity contribution is 0.112. The molecular formula is C31H39N5O3. The van der Waals surface area contributed by atoms with Gasteiger partial charge in [0.05, 0.1) is 5.69 Å². The molecule has 3 aliphatic rings. The van der Waals surface area contributed by atoms with Gasteiger partial charge in [0.25, 0.3) is 5.56 Å². The van der Waals surface area contributed by atoms with Gasteiger partial charge in [-0.25, -0.2) is 0 Å². The van der Waals surface area contributed by atoms with E-state index in [1.165, 1.54) is 16.8 Å². The van der Waals surface area contributed by atoms with Crippen LogP contribution in [0.15, 0.2) is 52.1 Å². The van der Waals surface area contributed by atoms with Gasteiger partial charge in [-0.1, -0.05) is 18.2 Å². The summed E-state index contributed by atoms with van der Waals surface area (Å²) < 4.78 is 3.97. The number of piperazine rings is 1. The molecule has 8 heteroatoms. The van der Waals surface area contributed by atoms with E-state index in [4.69, 9.17) is 0 Å². The summed E-state index contributed by atoms with van der Waals surface area (Å²) in [5.41, 5.74) is 6.46. The number of aromatic hydroxyl groups is 1. The first-order valence-electron chi connectivity index (χ1n) is 14.1. The smallest absolute Gasteiger partial charge is 0.250 e. The molecule has 3 aliphatic heterocycles. The van der Waals surface area contributed by atoms with Crippen LogP contribution < -0.4 is 15.9 Å². The first-order chi connectivity index (χ1) is 18.8. The van der Waals surface area contributed by atoms with E-state index in [-0.39, 0.29) is 16.7 Å². The summed E-state index contributed by atoms with van der Waals surface area (Å²) in [5.74, 6) is 0.619. The summed E-state index contributed by atoms with van der Waals surface area (Å²) in [6.07, 6.45) is 1.10. The zero-order valence-electron chi connectivity index (χ0n) is 23.3. The number of piperidine rings is 1. The van der Waals surface area contributed by atoms with Gasteiger partial charge >= 0.3 is 0 Å². The van der Waals surface area contributed by atoms with E-state index in [9.17, 15) is 14.7 Å². The fourth-order valence-electron chi connectivity index (χ4n) is 6.91. The molecule has 3 aromatic rings. The van der Waals surface area contributed by atoms with Crippen LogP contribution in [0, 0.1) is 19.8 Å². The molecular weight excluding hydrogens is 490 g/mol. The van der Waals surface area contributed by atoms with Gasteiger partial charge in [0.2, 0.25) is 5.43 Å². The van der Waals surface area contributed by atoms with Crippen LogP contribution in [-0.2, 0) is 26.7 Å². The minimum Gasteiger partial charge on any atom is -0.503 e. The highest BCUT2D eigenvalue weighted by Crippen LogP contribution is 2.35. The topological polar surface area (TPSA) is 74.0 Å². The summed E-state index contributed by atoms with van der Waals surface area (Å²) in [5, 5.41) is 10.8. The van der Waals surface area contributed by atoms with Crippen LogP contribution in [0.25, 0.3) is 0 Å². The zero-order valence-corrected chi connectivity index (χ0v) is 23.3. The molecule has 2 saturated heterocycles. The van der Waals surface area contributed by atoms with E-state index in [1.54, 1.807) is 12.1 Å². The van der Waals surface area contributed by atoms with E-state index in [0.717, 1.165) is 63.6 Å². The van der Waals surface area contributed by atoms with Crippen molar-refractivity contribution in [2.45, 2.75) is 45.8 Å². The maximum Gasteiger partial charge on any atom is 0.250 e. The molecule has 2 atom stereocenters. The Balaban J connectivity index is 1.16. The average molecular weight is 530 g/mol. The van der Waals surface area contributed by atoms with Gasteiger partial charge < -0.3 is 19.1 Å². The van der Waals surface area contributed by atoms with Crippen molar-refractivity contribution in [3.63, 3.8) is 0 Å². The highest BCUT2D eigenvalue weighted by Gasteiger charge is 2.34. The number of rotatable bonds is 5. The third-order valence-electron chi connectivity index (χ3n) is 9.24. The molecule has 2 fully saturated rings. The number of likely N-dealkylation sites (tertiary alicyclic amines) is 1. The normalized spacial score (nSPS) is 21.7. The van der Waals surface area contributed by atoms with E-state index in [0.29, 0.717) is 30.6 Å². The average Bonchev–Trinajstić information content (AvgIpc) is 2.92. The lowest BCUT2D eigenvalue weighted by Crippen LogP contribution is -2.47. The summed E-state index contributed by atoms with van der Waals surface area (Å²) in [6.45, 7) is 11.7. The summed E-state index contributed by atoms with van der Waals surface area (Å²) in [6, 6.07) is 13.7. The van der Waals surface area contributed by atoms with Crippen molar-refractivity contribution in [2.24, 2.45) is 13.0 Å². The van der Waals surface area contributed by atoms with Gasteiger partial charge in [-0.3, -0.25) is 19.4 Å². The highest BCUT2D eigenvalue weighted by atomic mass is 16.3. The summed E-state index contributed by atoms with van der Waals surface area (Å²) >= 11 is 0. The quantitative estimate of drug-likeness (QED) is 0.548. The van der Waals surface area contributed by atoms with Crippen molar-refractivity contribution >= 4 is 5.69 Å². The number of anilines is 1. The molecule has 1 N–H and O–H groups in total. The highest BCUT2D eigenvalue weighted by molar-refractivity contribution is 5.56. The summed E-state index contributed by atoms with van der Waals surface area (Å²) in [4.78, 5) is 32.4. The Morgan fingerprint density at radius 1 is 0.897 bits per heavy atom. The Kier molecular flexibility index (Phi) is 6.85. The van der Waals surface area contributed by atoms with Crippen LogP contribution in [0.3, 0.4) is 0 Å². The van der Waals surface area contributed by atoms with Gasteiger partial charge in [-0.15, -0.1) is 0 Å². The molecule has 206 valence electrons. The van der Waals surface area contributed by atoms with Gasteiger partial charge in [-0.05, 0) is 49.4 Å². The van der Waals surface area contributed by atoms with Gasteiger partial charge in [0, 0.05) is 101 Å². The molecule has 1 aromatic carbocycles. The Morgan fingerprint density at radius 2 is 1.67 bits per heavy atom. The van der Waals surface area contributed by atoms with Crippen LogP contribution in [-0.4, -0.2) is 63.3 Å². The summed E-state index contributed by atoms with van der Waals surface area (Å²) in [7, 11) is 1.97. The number of aryl methyl sites for hydroxylation is 1. The molecule has 0 saturated carbocycles. The molecule has 5 heterocycles. The molecule has 39 heavy (non-hydrogen) atoms. The number of fused-ring (bicyclic) bond motifs is 4. The van der Waals surface area contributed by atoms with Crippen LogP contribution in [0.2, 0.25) is 0 Å². The van der Waals surface area contributed by atoms with E-state index < -0.39 is 0 Å². The SMILES string of the molecule is Cc1cccc(N2CCN(Cc3c(O)c(=O)cc(CN4C[C@H]5C[C@@H](C4)c4cccc(=O)n4C5)n3C)CC2)c1C. The molecule has 8 nitrogen and oxygen atoms in total. The number of hydrogen-bond acceptors (Lipinski definition) is 6. The van der Waals surface area contributed by atoms with Crippen molar-refractivity contribution in [3.8, 4) is 5.75 Å². The predicted molar refractivity (Wildman–Crippen MR) is 154 cm³/mol. The molecule has 0 unspecified atom stereocenters. The van der Waals surface area contributed by atoms with E-state index in [2.05, 4.69) is 52.8 Å². The first-order valence-corrected chi connectivity index (χ1v) is 14.1. The maximum atomic E-state index is 12.9. The Labute approximate surface area is 229 Å². The molecule has 0 spiro atoms. The van der Waals surface area contributed by atoms with Crippen molar-refractivity contribution in [2.75, 3.05) is 44.2 Å². The van der Waals surface area contributed by atoms with E-state index >= 15 is 0 Å². The number of hydrogen-bond donors (Lipinski definition) is 1. The van der Waals surface area contributed by atoms with E-state index in [1.807, 2.05) is 22.2 Å². The minimum absolute atomic E-state index is 0.0936. The van der Waals surface area contributed by atoms with Crippen LogP contribution in [0.4, 0.5) is 5.69 Å². The third kappa shape index (κ3) is 4.92. The monoisotopic (exact) mass is 529 g/mol. The third-order valence-corrected chi connectivity index (χ3v) is 9.24. The van der Waals surface area contributed by atoms with Gasteiger partial charge in [0.1, 0.15) is 0 Å². The lowest BCUT2D eigenvalue weighted by atomic mass is 9.83. The molecule has 0 aliphatic carbocycles. The number of aromatic nitrogens is 2. The predicted octanol–water partition coefficient (Wildman–Crippen LogP) is 2.81. The zero-order chi connectivity index (χ0) is 27.3. The minimum atomic E-state index is -0.304. The molecule has 2 aromatic heterocycles. The standard InChI is InChI=1S/C31H39N5O3/c1-21-6-4-7-26(22(21)2)35-12-10-33(11-13-35)20-28-31(39)29(37)15-25(32(28)3)19-34-16-23-14-24(18-34)27-8-5-9-30(38)36(27)17-23/h4-9,15,23-24,39H,10-14,16-20H2,1-3H3/t23-,24+/m1/s1. The fourth-order valence-corrected chi connectivity index (χ4v) is 6.91. The van der Waals surface area contributed by atoms with Crippen molar-refractivity contribution in [3.05, 3.63) is 91.3 Å². The molecule has 6 rings (SSSR count). The maximum absolute atomic E-state index is 12.9. The second-order valence-electron chi connectivity index (χ2n) is 11.7. The van der Waals surface area contributed by atoms with Crippen LogP contribution in [0.1, 0.15) is 40.5 Å². The Morgan fingerprint density at radius 3 is 2.46 bits per heavy atom. The second kappa shape index (κ2) is 10.3. The van der Waals surface area contributed by atoms with Crippen LogP contribution in [0.5, 0.6) is 5.75 Å². The van der Waals surface area contributed by atoms with Crippen molar-refractivity contribution < 1.29 is 5.11 Å². The van der Waals surface area contributed by atoms with Gasteiger partial charge in [-0.2, -0.15) is 0 Å². The van der Waals surface area contributed by atoms with Gasteiger partial charge in [0.15, 0.2) is 5.75 Å². The first kappa shape index (κ1) is 25.9. The number of pyridine rings is 2. The fraction of sp³-hybridized carbons (Fsp3) is 0.484. The van der Waals surface area contributed by atoms with Crippen molar-refractivity contribution in [1.82, 2.24) is 18.9 Å². The second-order valence-corrected chi connectivity index (χ2v) is 11.7. The molecule has 2 bridgehead atoms. The number of nitrogens with zero attached hydrogens (tertiary/aromatic N) is 5.